The first-order valence-corrected chi connectivity index (χ1v) is 12.3. The van der Waals surface area contributed by atoms with Crippen molar-refractivity contribution in [1.82, 2.24) is 25.2 Å². The van der Waals surface area contributed by atoms with Crippen molar-refractivity contribution in [3.63, 3.8) is 0 Å². The number of nitrogens with one attached hydrogen (secondary N) is 2. The third-order valence-corrected chi connectivity index (χ3v) is 6.13. The van der Waals surface area contributed by atoms with Crippen molar-refractivity contribution in [2.24, 2.45) is 0 Å². The van der Waals surface area contributed by atoms with Crippen molar-refractivity contribution in [2.75, 3.05) is 33.8 Å². The quantitative estimate of drug-likeness (QED) is 0.261. The molecule has 0 aliphatic heterocycles. The van der Waals surface area contributed by atoms with Crippen LogP contribution in [0.2, 0.25) is 0 Å². The van der Waals surface area contributed by atoms with Gasteiger partial charge in [-0.3, -0.25) is 4.79 Å². The Morgan fingerprint density at radius 1 is 1.11 bits per heavy atom. The number of amides is 1. The second-order valence-corrected chi connectivity index (χ2v) is 8.88. The smallest absolute Gasteiger partial charge is 0.251 e. The monoisotopic (exact) mass is 487 g/mol. The number of aromatic amines is 1. The summed E-state index contributed by atoms with van der Waals surface area (Å²) in [6.45, 7) is 4.95. The number of phenols is 1. The lowest BCUT2D eigenvalue weighted by molar-refractivity contribution is 0.0953. The molecule has 0 bridgehead atoms. The van der Waals surface area contributed by atoms with Gasteiger partial charge in [0.05, 0.1) is 23.7 Å². The summed E-state index contributed by atoms with van der Waals surface area (Å²) >= 11 is 0. The Labute approximate surface area is 211 Å². The number of phenolic OH excluding ortho intramolecular Hbond substituents is 1. The minimum absolute atomic E-state index is 0.100. The van der Waals surface area contributed by atoms with Crippen molar-refractivity contribution in [2.45, 2.75) is 26.2 Å². The molecule has 0 unspecified atom stereocenters. The van der Waals surface area contributed by atoms with E-state index in [2.05, 4.69) is 39.1 Å². The highest BCUT2D eigenvalue weighted by Gasteiger charge is 2.15. The second-order valence-electron chi connectivity index (χ2n) is 8.88. The number of carbonyl (C=O) groups excluding carboxylic acids is 1. The second kappa shape index (κ2) is 11.7. The Hall–Kier alpha value is -3.91. The molecule has 0 spiro atoms. The average molecular weight is 488 g/mol. The number of hydrogen-bond donors (Lipinski definition) is 3. The Bertz CT molecular complexity index is 1330. The van der Waals surface area contributed by atoms with Crippen molar-refractivity contribution >= 4 is 16.9 Å². The first-order chi connectivity index (χ1) is 17.5. The Balaban J connectivity index is 1.48. The fraction of sp³-hybridized carbons (Fsp3) is 0.321. The van der Waals surface area contributed by atoms with Gasteiger partial charge in [0.25, 0.3) is 5.91 Å². The normalized spacial score (nSPS) is 11.2. The van der Waals surface area contributed by atoms with Crippen molar-refractivity contribution in [1.29, 1.82) is 0 Å². The summed E-state index contributed by atoms with van der Waals surface area (Å²) in [4.78, 5) is 27.1. The largest absolute Gasteiger partial charge is 0.507 e. The molecule has 4 aromatic rings. The third kappa shape index (κ3) is 5.83. The van der Waals surface area contributed by atoms with Gasteiger partial charge in [-0.25, -0.2) is 9.97 Å². The molecule has 0 saturated heterocycles. The predicted octanol–water partition coefficient (Wildman–Crippen LogP) is 4.86. The van der Waals surface area contributed by atoms with Crippen molar-refractivity contribution in [3.05, 3.63) is 60.3 Å². The van der Waals surface area contributed by atoms with Gasteiger partial charge in [-0.15, -0.1) is 0 Å². The van der Waals surface area contributed by atoms with Gasteiger partial charge >= 0.3 is 0 Å². The summed E-state index contributed by atoms with van der Waals surface area (Å²) in [5.41, 5.74) is 4.21. The highest BCUT2D eigenvalue weighted by molar-refractivity contribution is 5.97. The first kappa shape index (κ1) is 25.2. The zero-order valence-electron chi connectivity index (χ0n) is 21.0. The standard InChI is InChI=1S/C28H33N5O3/c1-4-15-33(2)16-6-5-13-29-27(35)20-9-11-23-24(18-20)32-26(31-23)22-17-19(10-12-25(22)34)21-8-7-14-30-28(21)36-3/h7-12,14,17-18,34H,4-6,13,15-16H2,1-3H3,(H,29,35)(H,31,32). The predicted molar refractivity (Wildman–Crippen MR) is 142 cm³/mol. The van der Waals surface area contributed by atoms with Gasteiger partial charge in [0.1, 0.15) is 11.6 Å². The van der Waals surface area contributed by atoms with Crippen LogP contribution in [0.25, 0.3) is 33.5 Å². The number of unbranched alkanes of at least 4 members (excludes halogenated alkanes) is 1. The lowest BCUT2D eigenvalue weighted by Crippen LogP contribution is -2.26. The number of pyridine rings is 1. The molecule has 0 fully saturated rings. The highest BCUT2D eigenvalue weighted by atomic mass is 16.5. The molecule has 8 nitrogen and oxygen atoms in total. The molecule has 36 heavy (non-hydrogen) atoms. The number of fused-ring (bicyclic) bond motifs is 1. The van der Waals surface area contributed by atoms with Crippen LogP contribution >= 0.6 is 0 Å². The fourth-order valence-corrected chi connectivity index (χ4v) is 4.25. The van der Waals surface area contributed by atoms with Gasteiger partial charge in [0.2, 0.25) is 5.88 Å². The van der Waals surface area contributed by atoms with Crippen LogP contribution in [0.4, 0.5) is 0 Å². The molecule has 0 atom stereocenters. The summed E-state index contributed by atoms with van der Waals surface area (Å²) < 4.78 is 5.38. The molecule has 2 aromatic carbocycles. The van der Waals surface area contributed by atoms with E-state index in [4.69, 9.17) is 4.74 Å². The molecule has 0 saturated carbocycles. The number of methoxy groups -OCH3 is 1. The fourth-order valence-electron chi connectivity index (χ4n) is 4.25. The van der Waals surface area contributed by atoms with E-state index in [1.807, 2.05) is 30.3 Å². The molecular weight excluding hydrogens is 454 g/mol. The number of carbonyl (C=O) groups is 1. The lowest BCUT2D eigenvalue weighted by Gasteiger charge is -2.14. The summed E-state index contributed by atoms with van der Waals surface area (Å²) in [6, 6.07) is 14.4. The minimum atomic E-state index is -0.108. The van der Waals surface area contributed by atoms with E-state index in [1.165, 1.54) is 0 Å². The van der Waals surface area contributed by atoms with E-state index < -0.39 is 0 Å². The van der Waals surface area contributed by atoms with E-state index >= 15 is 0 Å². The number of ether oxygens (including phenoxy) is 1. The van der Waals surface area contributed by atoms with Crippen LogP contribution in [0.5, 0.6) is 11.6 Å². The Kier molecular flexibility index (Phi) is 8.17. The van der Waals surface area contributed by atoms with Crippen LogP contribution in [0, 0.1) is 0 Å². The lowest BCUT2D eigenvalue weighted by atomic mass is 10.0. The van der Waals surface area contributed by atoms with Gasteiger partial charge < -0.3 is 25.0 Å². The maximum atomic E-state index is 12.7. The minimum Gasteiger partial charge on any atom is -0.507 e. The van der Waals surface area contributed by atoms with Crippen LogP contribution in [0.1, 0.15) is 36.5 Å². The van der Waals surface area contributed by atoms with Crippen LogP contribution in [-0.2, 0) is 0 Å². The van der Waals surface area contributed by atoms with E-state index in [0.29, 0.717) is 34.9 Å². The summed E-state index contributed by atoms with van der Waals surface area (Å²) in [5, 5.41) is 13.6. The molecule has 0 aliphatic carbocycles. The summed E-state index contributed by atoms with van der Waals surface area (Å²) in [6.07, 6.45) is 4.80. The number of imidazole rings is 1. The van der Waals surface area contributed by atoms with E-state index in [1.54, 1.807) is 31.5 Å². The molecule has 8 heteroatoms. The number of H-pyrrole nitrogens is 1. The Morgan fingerprint density at radius 2 is 1.97 bits per heavy atom. The zero-order chi connectivity index (χ0) is 25.5. The number of aromatic nitrogens is 3. The number of benzene rings is 2. The SMILES string of the molecule is CCCN(C)CCCCNC(=O)c1ccc2nc(-c3cc(-c4cccnc4OC)ccc3O)[nH]c2c1. The van der Waals surface area contributed by atoms with Gasteiger partial charge in [-0.05, 0) is 87.4 Å². The van der Waals surface area contributed by atoms with Gasteiger partial charge in [0.15, 0.2) is 0 Å². The summed E-state index contributed by atoms with van der Waals surface area (Å²) in [5.74, 6) is 1.01. The van der Waals surface area contributed by atoms with Crippen molar-refractivity contribution in [3.8, 4) is 34.1 Å². The number of nitrogens with zero attached hydrogens (tertiary/aromatic N) is 3. The topological polar surface area (TPSA) is 103 Å². The highest BCUT2D eigenvalue weighted by Crippen LogP contribution is 2.35. The molecule has 4 rings (SSSR count). The number of aromatic hydroxyl groups is 1. The van der Waals surface area contributed by atoms with Gasteiger partial charge in [-0.1, -0.05) is 13.0 Å². The van der Waals surface area contributed by atoms with Crippen molar-refractivity contribution < 1.29 is 14.6 Å². The molecule has 3 N–H and O–H groups in total. The molecule has 1 amide bonds. The van der Waals surface area contributed by atoms with E-state index in [-0.39, 0.29) is 11.7 Å². The molecular formula is C28H33N5O3. The van der Waals surface area contributed by atoms with Crippen LogP contribution in [0.15, 0.2) is 54.7 Å². The Morgan fingerprint density at radius 3 is 2.78 bits per heavy atom. The summed E-state index contributed by atoms with van der Waals surface area (Å²) in [7, 11) is 3.70. The number of hydrogen-bond acceptors (Lipinski definition) is 6. The average Bonchev–Trinajstić information content (AvgIpc) is 3.32. The van der Waals surface area contributed by atoms with Crippen LogP contribution in [-0.4, -0.2) is 64.7 Å². The molecule has 188 valence electrons. The number of rotatable bonds is 11. The maximum absolute atomic E-state index is 12.7. The van der Waals surface area contributed by atoms with Crippen LogP contribution < -0.4 is 10.1 Å². The molecule has 0 radical (unpaired) electrons. The molecule has 2 heterocycles. The third-order valence-electron chi connectivity index (χ3n) is 6.13. The zero-order valence-corrected chi connectivity index (χ0v) is 21.0. The molecule has 0 aliphatic rings. The maximum Gasteiger partial charge on any atom is 0.251 e. The van der Waals surface area contributed by atoms with Gasteiger partial charge in [0, 0.05) is 23.9 Å². The van der Waals surface area contributed by atoms with Crippen LogP contribution in [0.3, 0.4) is 0 Å². The van der Waals surface area contributed by atoms with E-state index in [0.717, 1.165) is 49.0 Å². The van der Waals surface area contributed by atoms with E-state index in [9.17, 15) is 9.90 Å². The molecule has 2 aromatic heterocycles. The first-order valence-electron chi connectivity index (χ1n) is 12.3. The van der Waals surface area contributed by atoms with Gasteiger partial charge in [-0.2, -0.15) is 0 Å².